The molecule has 1 heterocycles. The minimum Gasteiger partial charge on any atom is -0.147 e. The summed E-state index contributed by atoms with van der Waals surface area (Å²) in [5, 5.41) is 1.33. The number of para-hydroxylation sites is 1. The Kier molecular flexibility index (Phi) is 7.28. The molecule has 32 heavy (non-hydrogen) atoms. The minimum absolute atomic E-state index is 0. The number of halogens is 2. The second kappa shape index (κ2) is 8.59. The average Bonchev–Trinajstić information content (AvgIpc) is 3.25. The van der Waals surface area contributed by atoms with Gasteiger partial charge in [-0.05, 0) is 0 Å². The second-order valence-electron chi connectivity index (χ2n) is 11.6. The number of allylic oxidation sites excluding steroid dienone is 1. The van der Waals surface area contributed by atoms with Crippen molar-refractivity contribution in [2.75, 3.05) is 0 Å². The summed E-state index contributed by atoms with van der Waals surface area (Å²) in [5.41, 5.74) is 4.16. The third-order valence-electron chi connectivity index (χ3n) is 8.67. The first-order valence-corrected chi connectivity index (χ1v) is 15.3. The zero-order valence-corrected chi connectivity index (χ0v) is 23.9. The number of aromatic nitrogens is 1. The number of benzene rings is 2. The van der Waals surface area contributed by atoms with Gasteiger partial charge >= 0.3 is 183 Å². The molecule has 1 atom stereocenters. The van der Waals surface area contributed by atoms with Gasteiger partial charge in [0.1, 0.15) is 0 Å². The van der Waals surface area contributed by atoms with E-state index >= 15 is 0 Å². The van der Waals surface area contributed by atoms with Gasteiger partial charge in [-0.3, -0.25) is 0 Å². The van der Waals surface area contributed by atoms with Gasteiger partial charge < -0.3 is 0 Å². The maximum absolute atomic E-state index is 4.01. The molecule has 0 aliphatic heterocycles. The minimum atomic E-state index is -3.87. The van der Waals surface area contributed by atoms with Crippen LogP contribution in [-0.4, -0.2) is 8.80 Å². The molecule has 1 unspecified atom stereocenters. The summed E-state index contributed by atoms with van der Waals surface area (Å²) in [7, 11) is 0. The van der Waals surface area contributed by atoms with Gasteiger partial charge in [-0.1, -0.05) is 0 Å². The number of H-pyrrole nitrogens is 1. The summed E-state index contributed by atoms with van der Waals surface area (Å²) >= 11 is -3.87. The number of rotatable bonds is 2. The van der Waals surface area contributed by atoms with E-state index < -0.39 is 14.8 Å². The van der Waals surface area contributed by atoms with Crippen LogP contribution in [0.2, 0.25) is 7.44 Å². The van der Waals surface area contributed by atoms with Crippen molar-refractivity contribution >= 4 is 49.6 Å². The van der Waals surface area contributed by atoms with E-state index in [1.54, 1.807) is 3.81 Å². The molecule has 0 bridgehead atoms. The molecule has 0 radical (unpaired) electrons. The van der Waals surface area contributed by atoms with E-state index in [0.717, 1.165) is 0 Å². The van der Waals surface area contributed by atoms with Crippen molar-refractivity contribution in [3.63, 3.8) is 0 Å². The molecule has 4 heteroatoms. The predicted octanol–water partition coefficient (Wildman–Crippen LogP) is 8.74. The van der Waals surface area contributed by atoms with Crippen molar-refractivity contribution in [2.24, 2.45) is 0 Å². The number of aromatic amines is 1. The smallest absolute Gasteiger partial charge is 0.147 e. The molecule has 0 amide bonds. The van der Waals surface area contributed by atoms with E-state index in [4.69, 9.17) is 0 Å². The molecule has 0 spiro atoms. The zero-order chi connectivity index (χ0) is 22.0. The van der Waals surface area contributed by atoms with Crippen LogP contribution in [-0.2, 0) is 14.8 Å². The molecule has 3 aromatic rings. The van der Waals surface area contributed by atoms with Gasteiger partial charge in [0.15, 0.2) is 0 Å². The maximum atomic E-state index is 4.01. The Morgan fingerprint density at radius 2 is 1.38 bits per heavy atom. The predicted molar refractivity (Wildman–Crippen MR) is 146 cm³/mol. The topological polar surface area (TPSA) is 15.8 Å². The summed E-state index contributed by atoms with van der Waals surface area (Å²) < 4.78 is 3.84. The molecule has 1 aliphatic carbocycles. The number of fused-ring (bicyclic) bond motifs is 2. The molecule has 0 saturated heterocycles. The van der Waals surface area contributed by atoms with Crippen LogP contribution < -0.4 is 4.00 Å². The molecular formula is C28H39Cl2NTi. The molecule has 1 nitrogen and oxygen atoms in total. The average molecular weight is 508 g/mol. The van der Waals surface area contributed by atoms with Crippen molar-refractivity contribution in [3.05, 3.63) is 71.8 Å². The monoisotopic (exact) mass is 507 g/mol. The SMILES string of the molecule is C[C](C)=[Ti]([c]1cc2ccccc2[nH]1)([CH]1C=Cc2ccccc21)([C](C)(C)C)[C](C)(C)C.Cl.Cl. The number of nitrogens with one attached hydrogen (secondary N) is 1. The van der Waals surface area contributed by atoms with E-state index in [0.29, 0.717) is 4.22 Å². The van der Waals surface area contributed by atoms with Crippen LogP contribution in [0.25, 0.3) is 17.0 Å². The summed E-state index contributed by atoms with van der Waals surface area (Å²) in [6, 6.07) is 20.4. The van der Waals surface area contributed by atoms with Crippen LogP contribution in [0.15, 0.2) is 60.7 Å². The van der Waals surface area contributed by atoms with Crippen molar-refractivity contribution in [1.82, 2.24) is 4.98 Å². The van der Waals surface area contributed by atoms with Gasteiger partial charge in [0, 0.05) is 0 Å². The maximum Gasteiger partial charge on any atom is -0.147 e. The van der Waals surface area contributed by atoms with E-state index in [9.17, 15) is 0 Å². The molecule has 4 rings (SSSR count). The second-order valence-corrected chi connectivity index (χ2v) is 23.8. The van der Waals surface area contributed by atoms with Crippen LogP contribution in [0.1, 0.15) is 70.7 Å². The van der Waals surface area contributed by atoms with E-state index in [-0.39, 0.29) is 32.3 Å². The van der Waals surface area contributed by atoms with Gasteiger partial charge in [0.2, 0.25) is 0 Å². The van der Waals surface area contributed by atoms with Crippen molar-refractivity contribution in [3.8, 4) is 0 Å². The van der Waals surface area contributed by atoms with Gasteiger partial charge in [0.05, 0.1) is 0 Å². The van der Waals surface area contributed by atoms with E-state index in [2.05, 4.69) is 127 Å². The third-order valence-corrected chi connectivity index (χ3v) is 26.5. The van der Waals surface area contributed by atoms with Crippen molar-refractivity contribution < 1.29 is 14.8 Å². The van der Waals surface area contributed by atoms with Crippen LogP contribution >= 0.6 is 24.8 Å². The normalized spacial score (nSPS) is 16.3. The summed E-state index contributed by atoms with van der Waals surface area (Å²) in [5.74, 6) is 0. The first-order chi connectivity index (χ1) is 14.0. The molecule has 1 aliphatic rings. The number of hydrogen-bond acceptors (Lipinski definition) is 0. The molecular weight excluding hydrogens is 469 g/mol. The Morgan fingerprint density at radius 3 is 1.94 bits per heavy atom. The molecule has 0 fully saturated rings. The Bertz CT molecular complexity index is 1180. The molecule has 1 aromatic heterocycles. The number of hydrogen-bond donors (Lipinski definition) is 1. The largest absolute Gasteiger partial charge is 0.147 e. The van der Waals surface area contributed by atoms with Crippen LogP contribution in [0.5, 0.6) is 0 Å². The first kappa shape index (κ1) is 27.1. The summed E-state index contributed by atoms with van der Waals surface area (Å²) in [4.78, 5) is 4.01. The molecule has 1 N–H and O–H groups in total. The standard InChI is InChI=1S/C9H7.C8H6N.2C4H9.C3H6.2ClH.Ti/c1-2-5-9-7-3-6-8(9)4-1;1-2-4-8-7(3-1)5-6-9-8;2*1-4(2)3;1-3-2;;;/h1-7H;1-5,9H;2*1-3H3;1-2H3;2*1H;. The Hall–Kier alpha value is -1.12. The zero-order valence-electron chi connectivity index (χ0n) is 20.7. The first-order valence-electron chi connectivity index (χ1n) is 11.3. The van der Waals surface area contributed by atoms with Crippen LogP contribution in [0, 0.1) is 0 Å². The van der Waals surface area contributed by atoms with Gasteiger partial charge in [0.25, 0.3) is 0 Å². The van der Waals surface area contributed by atoms with E-state index in [1.807, 2.05) is 0 Å². The fraction of sp³-hybridized carbons (Fsp3) is 0.393. The Labute approximate surface area is 207 Å². The van der Waals surface area contributed by atoms with Gasteiger partial charge in [-0.2, -0.15) is 0 Å². The van der Waals surface area contributed by atoms with Crippen molar-refractivity contribution in [1.29, 1.82) is 0 Å². The third kappa shape index (κ3) is 3.04. The van der Waals surface area contributed by atoms with Crippen LogP contribution in [0.4, 0.5) is 0 Å². The fourth-order valence-corrected chi connectivity index (χ4v) is 27.7. The van der Waals surface area contributed by atoms with Gasteiger partial charge in [-0.25, -0.2) is 0 Å². The Morgan fingerprint density at radius 1 is 0.812 bits per heavy atom. The quantitative estimate of drug-likeness (QED) is 0.333. The molecule has 0 saturated carbocycles. The van der Waals surface area contributed by atoms with Gasteiger partial charge in [-0.15, -0.1) is 24.8 Å². The Balaban J connectivity index is 0.00000181. The fourth-order valence-electron chi connectivity index (χ4n) is 8.22. The summed E-state index contributed by atoms with van der Waals surface area (Å²) in [6.45, 7) is 20.0. The molecule has 174 valence electrons. The van der Waals surface area contributed by atoms with Crippen LogP contribution in [0.3, 0.4) is 0 Å². The van der Waals surface area contributed by atoms with E-state index in [1.165, 1.54) is 26.0 Å². The van der Waals surface area contributed by atoms with Crippen molar-refractivity contribution in [2.45, 2.75) is 67.1 Å². The molecule has 2 aromatic carbocycles. The summed E-state index contributed by atoms with van der Waals surface area (Å²) in [6.07, 6.45) is 4.93.